The SMILES string of the molecule is CCCNC(=O)[C@H](CC)N(Cc1ccccc1Cl)C(=O)CN(c1ccccc1C)S(=O)(=O)c1ccc(C)cc1. The first-order chi connectivity index (χ1) is 18.6. The van der Waals surface area contributed by atoms with Gasteiger partial charge in [-0.1, -0.05) is 79.5 Å². The summed E-state index contributed by atoms with van der Waals surface area (Å²) in [5.74, 6) is -0.795. The van der Waals surface area contributed by atoms with Crippen LogP contribution in [0.2, 0.25) is 5.02 Å². The molecule has 0 aliphatic rings. The minimum Gasteiger partial charge on any atom is -0.354 e. The number of hydrogen-bond acceptors (Lipinski definition) is 4. The highest BCUT2D eigenvalue weighted by atomic mass is 35.5. The Bertz CT molecular complexity index is 1390. The summed E-state index contributed by atoms with van der Waals surface area (Å²) in [5, 5.41) is 3.34. The zero-order valence-corrected chi connectivity index (χ0v) is 24.4. The van der Waals surface area contributed by atoms with Crippen LogP contribution in [-0.4, -0.2) is 44.3 Å². The van der Waals surface area contributed by atoms with Crippen molar-refractivity contribution in [1.29, 1.82) is 0 Å². The number of halogens is 1. The van der Waals surface area contributed by atoms with Crippen molar-refractivity contribution < 1.29 is 18.0 Å². The second-order valence-electron chi connectivity index (χ2n) is 9.44. The van der Waals surface area contributed by atoms with Gasteiger partial charge in [-0.2, -0.15) is 0 Å². The quantitative estimate of drug-likeness (QED) is 0.313. The maximum absolute atomic E-state index is 14.1. The van der Waals surface area contributed by atoms with Crippen LogP contribution in [0.4, 0.5) is 5.69 Å². The summed E-state index contributed by atoms with van der Waals surface area (Å²) < 4.78 is 29.0. The number of aryl methyl sites for hydroxylation is 2. The molecule has 208 valence electrons. The predicted octanol–water partition coefficient (Wildman–Crippen LogP) is 5.49. The molecule has 3 rings (SSSR count). The van der Waals surface area contributed by atoms with Gasteiger partial charge < -0.3 is 10.2 Å². The number of hydrogen-bond donors (Lipinski definition) is 1. The number of nitrogens with zero attached hydrogens (tertiary/aromatic N) is 2. The predicted molar refractivity (Wildman–Crippen MR) is 156 cm³/mol. The number of carbonyl (C=O) groups excluding carboxylic acids is 2. The summed E-state index contributed by atoms with van der Waals surface area (Å²) in [6.07, 6.45) is 1.09. The topological polar surface area (TPSA) is 86.8 Å². The van der Waals surface area contributed by atoms with E-state index in [-0.39, 0.29) is 17.3 Å². The maximum atomic E-state index is 14.1. The molecule has 0 heterocycles. The Labute approximate surface area is 236 Å². The lowest BCUT2D eigenvalue weighted by molar-refractivity contribution is -0.140. The van der Waals surface area contributed by atoms with E-state index in [1.807, 2.05) is 32.9 Å². The van der Waals surface area contributed by atoms with Crippen LogP contribution in [0, 0.1) is 13.8 Å². The van der Waals surface area contributed by atoms with Crippen LogP contribution in [0.5, 0.6) is 0 Å². The lowest BCUT2D eigenvalue weighted by Crippen LogP contribution is -2.52. The minimum atomic E-state index is -4.11. The second-order valence-corrected chi connectivity index (χ2v) is 11.7. The van der Waals surface area contributed by atoms with Gasteiger partial charge in [0.1, 0.15) is 12.6 Å². The van der Waals surface area contributed by atoms with Crippen LogP contribution < -0.4 is 9.62 Å². The van der Waals surface area contributed by atoms with Gasteiger partial charge >= 0.3 is 0 Å². The molecule has 7 nitrogen and oxygen atoms in total. The third-order valence-electron chi connectivity index (χ3n) is 6.51. The number of benzene rings is 3. The highest BCUT2D eigenvalue weighted by molar-refractivity contribution is 7.92. The van der Waals surface area contributed by atoms with Crippen molar-refractivity contribution in [2.75, 3.05) is 17.4 Å². The van der Waals surface area contributed by atoms with E-state index in [4.69, 9.17) is 11.6 Å². The Morgan fingerprint density at radius 2 is 1.56 bits per heavy atom. The van der Waals surface area contributed by atoms with E-state index < -0.39 is 28.5 Å². The molecule has 0 unspecified atom stereocenters. The molecule has 1 N–H and O–H groups in total. The molecule has 0 saturated heterocycles. The summed E-state index contributed by atoms with van der Waals surface area (Å²) in [7, 11) is -4.11. The number of nitrogens with one attached hydrogen (secondary N) is 1. The van der Waals surface area contributed by atoms with Gasteiger partial charge in [0.15, 0.2) is 0 Å². The average Bonchev–Trinajstić information content (AvgIpc) is 2.92. The van der Waals surface area contributed by atoms with Crippen LogP contribution >= 0.6 is 11.6 Å². The first kappa shape index (κ1) is 30.2. The van der Waals surface area contributed by atoms with E-state index in [2.05, 4.69) is 5.32 Å². The number of amides is 2. The molecule has 3 aromatic rings. The molecule has 9 heteroatoms. The van der Waals surface area contributed by atoms with E-state index in [9.17, 15) is 18.0 Å². The van der Waals surface area contributed by atoms with Crippen LogP contribution in [-0.2, 0) is 26.2 Å². The van der Waals surface area contributed by atoms with Crippen LogP contribution in [0.15, 0.2) is 77.7 Å². The molecule has 0 radical (unpaired) electrons. The van der Waals surface area contributed by atoms with Gasteiger partial charge in [0, 0.05) is 18.1 Å². The fraction of sp³-hybridized carbons (Fsp3) is 0.333. The normalized spacial score (nSPS) is 12.0. The Hall–Kier alpha value is -3.36. The standard InChI is InChI=1S/C30H36ClN3O4S/c1-5-19-32-30(36)27(6-2)33(20-24-12-8-9-13-26(24)31)29(35)21-34(28-14-10-7-11-23(28)4)39(37,38)25-17-15-22(3)16-18-25/h7-18,27H,5-6,19-21H2,1-4H3,(H,32,36)/t27-/m0/s1. The van der Waals surface area contributed by atoms with E-state index >= 15 is 0 Å². The van der Waals surface area contributed by atoms with E-state index in [1.165, 1.54) is 17.0 Å². The Balaban J connectivity index is 2.07. The largest absolute Gasteiger partial charge is 0.354 e. The molecule has 0 aliphatic carbocycles. The zero-order valence-electron chi connectivity index (χ0n) is 22.9. The lowest BCUT2D eigenvalue weighted by atomic mass is 10.1. The molecule has 0 aliphatic heterocycles. The molecule has 0 aromatic heterocycles. The highest BCUT2D eigenvalue weighted by Gasteiger charge is 2.34. The van der Waals surface area contributed by atoms with E-state index in [0.717, 1.165) is 16.3 Å². The average molecular weight is 570 g/mol. The molecule has 0 bridgehead atoms. The van der Waals surface area contributed by atoms with Gasteiger partial charge in [0.05, 0.1) is 10.6 Å². The molecular weight excluding hydrogens is 534 g/mol. The van der Waals surface area contributed by atoms with Gasteiger partial charge in [-0.3, -0.25) is 13.9 Å². The molecule has 1 atom stereocenters. The van der Waals surface area contributed by atoms with E-state index in [0.29, 0.717) is 34.8 Å². The summed E-state index contributed by atoms with van der Waals surface area (Å²) in [6.45, 7) is 7.49. The van der Waals surface area contributed by atoms with Gasteiger partial charge in [0.25, 0.3) is 10.0 Å². The highest BCUT2D eigenvalue weighted by Crippen LogP contribution is 2.28. The summed E-state index contributed by atoms with van der Waals surface area (Å²) in [6, 6.07) is 19.8. The fourth-order valence-corrected chi connectivity index (χ4v) is 5.96. The fourth-order valence-electron chi connectivity index (χ4n) is 4.29. The number of rotatable bonds is 12. The number of sulfonamides is 1. The first-order valence-electron chi connectivity index (χ1n) is 13.1. The van der Waals surface area contributed by atoms with Crippen molar-refractivity contribution in [1.82, 2.24) is 10.2 Å². The third kappa shape index (κ3) is 7.40. The summed E-state index contributed by atoms with van der Waals surface area (Å²) in [5.41, 5.74) is 2.68. The Morgan fingerprint density at radius 3 is 2.18 bits per heavy atom. The molecule has 39 heavy (non-hydrogen) atoms. The van der Waals surface area contributed by atoms with Gasteiger partial charge in [-0.25, -0.2) is 8.42 Å². The maximum Gasteiger partial charge on any atom is 0.264 e. The van der Waals surface area contributed by atoms with Crippen LogP contribution in [0.1, 0.15) is 43.4 Å². The van der Waals surface area contributed by atoms with Crippen LogP contribution in [0.3, 0.4) is 0 Å². The number of para-hydroxylation sites is 1. The monoisotopic (exact) mass is 569 g/mol. The van der Waals surface area contributed by atoms with Crippen molar-refractivity contribution in [2.45, 2.75) is 58.0 Å². The molecular formula is C30H36ClN3O4S. The van der Waals surface area contributed by atoms with Crippen molar-refractivity contribution >= 4 is 39.1 Å². The second kappa shape index (κ2) is 13.6. The molecule has 2 amide bonds. The number of anilines is 1. The molecule has 0 saturated carbocycles. The lowest BCUT2D eigenvalue weighted by Gasteiger charge is -2.33. The smallest absolute Gasteiger partial charge is 0.264 e. The van der Waals surface area contributed by atoms with Gasteiger partial charge in [-0.05, 0) is 62.1 Å². The summed E-state index contributed by atoms with van der Waals surface area (Å²) >= 11 is 6.43. The molecule has 0 fully saturated rings. The zero-order chi connectivity index (χ0) is 28.6. The van der Waals surface area contributed by atoms with E-state index in [1.54, 1.807) is 55.5 Å². The number of carbonyl (C=O) groups is 2. The van der Waals surface area contributed by atoms with Crippen molar-refractivity contribution in [3.05, 3.63) is 94.5 Å². The molecule has 3 aromatic carbocycles. The Morgan fingerprint density at radius 1 is 0.923 bits per heavy atom. The van der Waals surface area contributed by atoms with Gasteiger partial charge in [-0.15, -0.1) is 0 Å². The molecule has 0 spiro atoms. The summed E-state index contributed by atoms with van der Waals surface area (Å²) in [4.78, 5) is 28.7. The Kier molecular flexibility index (Phi) is 10.5. The van der Waals surface area contributed by atoms with Crippen molar-refractivity contribution in [3.8, 4) is 0 Å². The van der Waals surface area contributed by atoms with Crippen molar-refractivity contribution in [2.24, 2.45) is 0 Å². The van der Waals surface area contributed by atoms with Gasteiger partial charge in [0.2, 0.25) is 11.8 Å². The van der Waals surface area contributed by atoms with Crippen LogP contribution in [0.25, 0.3) is 0 Å². The minimum absolute atomic E-state index is 0.0583. The first-order valence-corrected chi connectivity index (χ1v) is 14.9. The third-order valence-corrected chi connectivity index (χ3v) is 8.65. The van der Waals surface area contributed by atoms with Crippen molar-refractivity contribution in [3.63, 3.8) is 0 Å².